The fourth-order valence-electron chi connectivity index (χ4n) is 0.791. The Bertz CT molecular complexity index is 195. The van der Waals surface area contributed by atoms with Gasteiger partial charge in [0.1, 0.15) is 6.04 Å². The highest BCUT2D eigenvalue weighted by molar-refractivity contribution is 5.82. The van der Waals surface area contributed by atoms with Crippen LogP contribution >= 0.6 is 0 Å². The zero-order chi connectivity index (χ0) is 9.94. The quantitative estimate of drug-likeness (QED) is 0.556. The Kier molecular flexibility index (Phi) is 3.06. The monoisotopic (exact) mass is 174 g/mol. The fraction of sp³-hybridized carbons (Fsp3) is 0.714. The maximum Gasteiger partial charge on any atom is 0.326 e. The lowest BCUT2D eigenvalue weighted by Crippen LogP contribution is -2.50. The van der Waals surface area contributed by atoms with Gasteiger partial charge in [-0.2, -0.15) is 0 Å². The lowest BCUT2D eigenvalue weighted by atomic mass is 9.87. The van der Waals surface area contributed by atoms with E-state index in [0.717, 1.165) is 0 Å². The summed E-state index contributed by atoms with van der Waals surface area (Å²) in [6.07, 6.45) is 0. The molecule has 4 N–H and O–H groups in total. The number of amides is 2. The first-order valence-corrected chi connectivity index (χ1v) is 3.54. The average molecular weight is 174 g/mol. The van der Waals surface area contributed by atoms with E-state index in [2.05, 4.69) is 5.32 Å². The molecule has 0 unspecified atom stereocenters. The minimum Gasteiger partial charge on any atom is -0.480 e. The van der Waals surface area contributed by atoms with Gasteiger partial charge in [-0.15, -0.1) is 0 Å². The summed E-state index contributed by atoms with van der Waals surface area (Å²) in [6, 6.07) is -1.77. The Balaban J connectivity index is 4.46. The molecule has 1 atom stereocenters. The third-order valence-corrected chi connectivity index (χ3v) is 1.40. The highest BCUT2D eigenvalue weighted by atomic mass is 16.4. The molecule has 0 aliphatic rings. The van der Waals surface area contributed by atoms with E-state index in [1.54, 1.807) is 20.8 Å². The fourth-order valence-corrected chi connectivity index (χ4v) is 0.791. The van der Waals surface area contributed by atoms with Gasteiger partial charge in [-0.25, -0.2) is 9.59 Å². The minimum absolute atomic E-state index is 0.541. The lowest BCUT2D eigenvalue weighted by Gasteiger charge is -2.26. The number of rotatable bonds is 2. The van der Waals surface area contributed by atoms with Crippen LogP contribution in [-0.2, 0) is 4.79 Å². The molecule has 70 valence electrons. The average Bonchev–Trinajstić information content (AvgIpc) is 1.79. The van der Waals surface area contributed by atoms with Gasteiger partial charge >= 0.3 is 12.0 Å². The second kappa shape index (κ2) is 3.42. The van der Waals surface area contributed by atoms with Crippen molar-refractivity contribution < 1.29 is 14.7 Å². The number of hydrogen-bond acceptors (Lipinski definition) is 2. The molecule has 0 heterocycles. The van der Waals surface area contributed by atoms with Crippen molar-refractivity contribution >= 4 is 12.0 Å². The molecule has 0 aromatic carbocycles. The van der Waals surface area contributed by atoms with Crippen molar-refractivity contribution in [1.82, 2.24) is 5.32 Å². The van der Waals surface area contributed by atoms with Gasteiger partial charge in [0.2, 0.25) is 0 Å². The number of carbonyl (C=O) groups excluding carboxylic acids is 1. The molecule has 5 heteroatoms. The van der Waals surface area contributed by atoms with Crippen LogP contribution in [0.5, 0.6) is 0 Å². The van der Waals surface area contributed by atoms with Crippen LogP contribution in [-0.4, -0.2) is 23.1 Å². The number of primary amides is 1. The predicted molar refractivity (Wildman–Crippen MR) is 43.6 cm³/mol. The van der Waals surface area contributed by atoms with E-state index in [1.165, 1.54) is 0 Å². The first kappa shape index (κ1) is 10.7. The van der Waals surface area contributed by atoms with Crippen LogP contribution < -0.4 is 11.1 Å². The van der Waals surface area contributed by atoms with Crippen molar-refractivity contribution in [2.45, 2.75) is 26.8 Å². The minimum atomic E-state index is -1.08. The number of hydrogen-bond donors (Lipinski definition) is 3. The van der Waals surface area contributed by atoms with Gasteiger partial charge in [-0.3, -0.25) is 0 Å². The third kappa shape index (κ3) is 3.23. The molecule has 2 amide bonds. The van der Waals surface area contributed by atoms with Gasteiger partial charge in [-0.05, 0) is 5.41 Å². The molecular weight excluding hydrogens is 160 g/mol. The molecule has 12 heavy (non-hydrogen) atoms. The molecule has 0 bridgehead atoms. The summed E-state index contributed by atoms with van der Waals surface area (Å²) < 4.78 is 0. The topological polar surface area (TPSA) is 92.4 Å². The predicted octanol–water partition coefficient (Wildman–Crippen LogP) is 0.154. The van der Waals surface area contributed by atoms with Crippen LogP contribution in [0, 0.1) is 5.41 Å². The van der Waals surface area contributed by atoms with E-state index >= 15 is 0 Å². The molecule has 0 aliphatic carbocycles. The molecule has 0 aliphatic heterocycles. The van der Waals surface area contributed by atoms with Crippen molar-refractivity contribution in [2.75, 3.05) is 0 Å². The van der Waals surface area contributed by atoms with Gasteiger partial charge < -0.3 is 16.2 Å². The van der Waals surface area contributed by atoms with E-state index in [4.69, 9.17) is 10.8 Å². The summed E-state index contributed by atoms with van der Waals surface area (Å²) in [7, 11) is 0. The number of carboxylic acid groups (broad SMARTS) is 1. The molecule has 5 nitrogen and oxygen atoms in total. The van der Waals surface area contributed by atoms with Crippen LogP contribution in [0.2, 0.25) is 0 Å². The molecular formula is C7H14N2O3. The van der Waals surface area contributed by atoms with E-state index in [0.29, 0.717) is 0 Å². The maximum absolute atomic E-state index is 10.6. The van der Waals surface area contributed by atoms with Crippen molar-refractivity contribution in [3.63, 3.8) is 0 Å². The number of aliphatic carboxylic acids is 1. The van der Waals surface area contributed by atoms with Crippen LogP contribution in [0.4, 0.5) is 4.79 Å². The van der Waals surface area contributed by atoms with Gasteiger partial charge in [0.15, 0.2) is 0 Å². The van der Waals surface area contributed by atoms with Crippen molar-refractivity contribution in [3.8, 4) is 0 Å². The van der Waals surface area contributed by atoms with E-state index < -0.39 is 23.5 Å². The third-order valence-electron chi connectivity index (χ3n) is 1.40. The molecule has 0 aromatic rings. The van der Waals surface area contributed by atoms with Crippen molar-refractivity contribution in [1.29, 1.82) is 0 Å². The van der Waals surface area contributed by atoms with Crippen LogP contribution in [0.1, 0.15) is 20.8 Å². The largest absolute Gasteiger partial charge is 0.480 e. The summed E-state index contributed by atoms with van der Waals surface area (Å²) >= 11 is 0. The molecule has 0 radical (unpaired) electrons. The van der Waals surface area contributed by atoms with Crippen LogP contribution in [0.15, 0.2) is 0 Å². The van der Waals surface area contributed by atoms with Gasteiger partial charge in [-0.1, -0.05) is 20.8 Å². The summed E-state index contributed by atoms with van der Waals surface area (Å²) in [5.41, 5.74) is 4.27. The van der Waals surface area contributed by atoms with E-state index in [1.807, 2.05) is 0 Å². The maximum atomic E-state index is 10.6. The summed E-state index contributed by atoms with van der Waals surface area (Å²) in [6.45, 7) is 5.13. The summed E-state index contributed by atoms with van der Waals surface area (Å²) in [5.74, 6) is -1.08. The summed E-state index contributed by atoms with van der Waals surface area (Å²) in [4.78, 5) is 21.0. The number of nitrogens with two attached hydrogens (primary N) is 1. The first-order chi connectivity index (χ1) is 5.25. The number of nitrogens with one attached hydrogen (secondary N) is 1. The standard InChI is InChI=1S/C7H14N2O3/c1-7(2,3)4(5(10)11)9-6(8)12/h4H,1-3H3,(H,10,11)(H3,8,9,12)/t4-/m1/s1. The molecule has 0 rings (SSSR count). The Morgan fingerprint density at radius 1 is 1.42 bits per heavy atom. The number of urea groups is 1. The Morgan fingerprint density at radius 3 is 1.92 bits per heavy atom. The van der Waals surface area contributed by atoms with Gasteiger partial charge in [0, 0.05) is 0 Å². The van der Waals surface area contributed by atoms with Crippen LogP contribution in [0.3, 0.4) is 0 Å². The van der Waals surface area contributed by atoms with Gasteiger partial charge in [0.05, 0.1) is 0 Å². The summed E-state index contributed by atoms with van der Waals surface area (Å²) in [5, 5.41) is 10.8. The molecule has 0 saturated heterocycles. The smallest absolute Gasteiger partial charge is 0.326 e. The second-order valence-electron chi connectivity index (χ2n) is 3.65. The van der Waals surface area contributed by atoms with Gasteiger partial charge in [0.25, 0.3) is 0 Å². The molecule has 0 fully saturated rings. The highest BCUT2D eigenvalue weighted by Gasteiger charge is 2.31. The zero-order valence-corrected chi connectivity index (χ0v) is 7.42. The second-order valence-corrected chi connectivity index (χ2v) is 3.65. The number of carbonyl (C=O) groups is 2. The van der Waals surface area contributed by atoms with Crippen molar-refractivity contribution in [3.05, 3.63) is 0 Å². The lowest BCUT2D eigenvalue weighted by molar-refractivity contribution is -0.141. The zero-order valence-electron chi connectivity index (χ0n) is 7.42. The van der Waals surface area contributed by atoms with E-state index in [-0.39, 0.29) is 0 Å². The van der Waals surface area contributed by atoms with Crippen molar-refractivity contribution in [2.24, 2.45) is 11.1 Å². The molecule has 0 aromatic heterocycles. The first-order valence-electron chi connectivity index (χ1n) is 3.54. The van der Waals surface area contributed by atoms with E-state index in [9.17, 15) is 9.59 Å². The normalized spacial score (nSPS) is 13.6. The number of carboxylic acids is 1. The Morgan fingerprint density at radius 2 is 1.83 bits per heavy atom. The Hall–Kier alpha value is -1.26. The molecule has 0 spiro atoms. The van der Waals surface area contributed by atoms with Crippen LogP contribution in [0.25, 0.3) is 0 Å². The highest BCUT2D eigenvalue weighted by Crippen LogP contribution is 2.18. The molecule has 0 saturated carbocycles. The SMILES string of the molecule is CC(C)(C)[C@H](NC(N)=O)C(=O)O. The Labute approximate surface area is 70.9 Å².